The van der Waals surface area contributed by atoms with Crippen molar-refractivity contribution in [1.29, 1.82) is 0 Å². The van der Waals surface area contributed by atoms with Gasteiger partial charge in [-0.2, -0.15) is 0 Å². The van der Waals surface area contributed by atoms with E-state index < -0.39 is 5.60 Å². The zero-order valence-corrected chi connectivity index (χ0v) is 17.3. The molecule has 4 aliphatic rings. The van der Waals surface area contributed by atoms with Crippen molar-refractivity contribution in [2.24, 2.45) is 46.3 Å². The highest BCUT2D eigenvalue weighted by molar-refractivity contribution is 5.15. The Morgan fingerprint density at radius 1 is 0.840 bits per heavy atom. The van der Waals surface area contributed by atoms with Gasteiger partial charge < -0.3 is 5.11 Å². The van der Waals surface area contributed by atoms with E-state index in [-0.39, 0.29) is 0 Å². The molecule has 0 radical (unpaired) electrons. The minimum atomic E-state index is -0.424. The van der Waals surface area contributed by atoms with Crippen molar-refractivity contribution in [3.63, 3.8) is 0 Å². The minimum absolute atomic E-state index is 0.385. The number of aliphatic hydroxyl groups is 1. The van der Waals surface area contributed by atoms with Crippen molar-refractivity contribution in [3.05, 3.63) is 12.2 Å². The second-order valence-corrected chi connectivity index (χ2v) is 11.7. The van der Waals surface area contributed by atoms with Crippen LogP contribution in [0.25, 0.3) is 0 Å². The molecule has 0 unspecified atom stereocenters. The molecule has 0 aliphatic heterocycles. The second kappa shape index (κ2) is 5.60. The van der Waals surface area contributed by atoms with E-state index in [0.717, 1.165) is 48.3 Å². The summed E-state index contributed by atoms with van der Waals surface area (Å²) in [7, 11) is 0. The van der Waals surface area contributed by atoms with Crippen LogP contribution in [0.15, 0.2) is 12.2 Å². The van der Waals surface area contributed by atoms with Gasteiger partial charge in [0.25, 0.3) is 0 Å². The van der Waals surface area contributed by atoms with Crippen molar-refractivity contribution < 1.29 is 5.11 Å². The lowest BCUT2D eigenvalue weighted by molar-refractivity contribution is -0.144. The molecule has 0 saturated heterocycles. The Kier molecular flexibility index (Phi) is 4.05. The summed E-state index contributed by atoms with van der Waals surface area (Å²) in [5.74, 6) is 5.10. The summed E-state index contributed by atoms with van der Waals surface area (Å²) < 4.78 is 0. The third-order valence-corrected chi connectivity index (χ3v) is 9.60. The van der Waals surface area contributed by atoms with Gasteiger partial charge in [-0.05, 0) is 112 Å². The Morgan fingerprint density at radius 3 is 2.20 bits per heavy atom. The maximum atomic E-state index is 10.7. The summed E-state index contributed by atoms with van der Waals surface area (Å²) in [4.78, 5) is 0. The van der Waals surface area contributed by atoms with Gasteiger partial charge in [-0.25, -0.2) is 0 Å². The predicted molar refractivity (Wildman–Crippen MR) is 105 cm³/mol. The Bertz CT molecular complexity index is 558. The standard InChI is InChI=1S/C24H40O/c1-15(2)19-7-8-20-18-13-22(3,4)21-14-23(5,25)11-9-17(21)16(18)10-12-24(19,20)6/h16-21,25H,1,7-14H2,2-6H3/t16-,17-,18-,19-,20+,21+,23+,24-/m1/s1. The molecule has 0 amide bonds. The molecule has 4 fully saturated rings. The van der Waals surface area contributed by atoms with Crippen LogP contribution >= 0.6 is 0 Å². The molecule has 1 heteroatoms. The molecule has 0 heterocycles. The maximum Gasteiger partial charge on any atom is 0.0622 e. The van der Waals surface area contributed by atoms with E-state index in [1.807, 2.05) is 0 Å². The highest BCUT2D eigenvalue weighted by Crippen LogP contribution is 2.68. The van der Waals surface area contributed by atoms with Crippen LogP contribution in [0, 0.1) is 46.3 Å². The third-order valence-electron chi connectivity index (χ3n) is 9.60. The van der Waals surface area contributed by atoms with Crippen LogP contribution in [-0.2, 0) is 0 Å². The van der Waals surface area contributed by atoms with E-state index in [0.29, 0.717) is 10.8 Å². The van der Waals surface area contributed by atoms with Crippen LogP contribution < -0.4 is 0 Å². The van der Waals surface area contributed by atoms with Gasteiger partial charge in [0.15, 0.2) is 0 Å². The van der Waals surface area contributed by atoms with E-state index in [1.54, 1.807) is 0 Å². The molecule has 4 aliphatic carbocycles. The molecule has 0 spiro atoms. The summed E-state index contributed by atoms with van der Waals surface area (Å²) in [6, 6.07) is 0. The molecule has 0 aromatic rings. The second-order valence-electron chi connectivity index (χ2n) is 11.7. The molecule has 4 rings (SSSR count). The average molecular weight is 345 g/mol. The molecule has 4 saturated carbocycles. The van der Waals surface area contributed by atoms with Crippen LogP contribution in [-0.4, -0.2) is 10.7 Å². The van der Waals surface area contributed by atoms with Gasteiger partial charge in [-0.1, -0.05) is 32.9 Å². The monoisotopic (exact) mass is 344 g/mol. The number of hydrogen-bond acceptors (Lipinski definition) is 1. The fraction of sp³-hybridized carbons (Fsp3) is 0.917. The van der Waals surface area contributed by atoms with Crippen LogP contribution in [0.5, 0.6) is 0 Å². The molecule has 25 heavy (non-hydrogen) atoms. The fourth-order valence-corrected chi connectivity index (χ4v) is 8.48. The van der Waals surface area contributed by atoms with Crippen LogP contribution in [0.3, 0.4) is 0 Å². The Labute approximate surface area is 155 Å². The highest BCUT2D eigenvalue weighted by Gasteiger charge is 2.60. The van der Waals surface area contributed by atoms with Crippen molar-refractivity contribution in [2.45, 2.75) is 91.6 Å². The third kappa shape index (κ3) is 2.67. The molecular weight excluding hydrogens is 304 g/mol. The van der Waals surface area contributed by atoms with E-state index in [9.17, 15) is 5.11 Å². The minimum Gasteiger partial charge on any atom is -0.390 e. The summed E-state index contributed by atoms with van der Waals surface area (Å²) in [6.07, 6.45) is 10.3. The molecule has 0 aromatic carbocycles. The number of allylic oxidation sites excluding steroid dienone is 1. The summed E-state index contributed by atoms with van der Waals surface area (Å²) in [5, 5.41) is 10.7. The predicted octanol–water partition coefficient (Wildman–Crippen LogP) is 6.22. The van der Waals surface area contributed by atoms with Crippen LogP contribution in [0.4, 0.5) is 0 Å². The molecule has 0 aromatic heterocycles. The van der Waals surface area contributed by atoms with Crippen LogP contribution in [0.2, 0.25) is 0 Å². The first-order valence-electron chi connectivity index (χ1n) is 10.9. The first-order valence-corrected chi connectivity index (χ1v) is 10.9. The SMILES string of the molecule is C=C(C)[C@H]1CC[C@H]2[C@@H]3CC(C)(C)[C@H]4C[C@@](C)(O)CC[C@@H]4[C@H]3CC[C@]12C. The summed E-state index contributed by atoms with van der Waals surface area (Å²) >= 11 is 0. The Hall–Kier alpha value is -0.300. The lowest BCUT2D eigenvalue weighted by atomic mass is 9.44. The molecule has 1 nitrogen and oxygen atoms in total. The smallest absolute Gasteiger partial charge is 0.0622 e. The first-order chi connectivity index (χ1) is 11.6. The van der Waals surface area contributed by atoms with Gasteiger partial charge in [0.2, 0.25) is 0 Å². The largest absolute Gasteiger partial charge is 0.390 e. The van der Waals surface area contributed by atoms with Crippen LogP contribution in [0.1, 0.15) is 86.0 Å². The molecular formula is C24H40O. The fourth-order valence-electron chi connectivity index (χ4n) is 8.48. The van der Waals surface area contributed by atoms with E-state index in [4.69, 9.17) is 0 Å². The Morgan fingerprint density at radius 2 is 1.52 bits per heavy atom. The molecule has 142 valence electrons. The zero-order chi connectivity index (χ0) is 18.2. The average Bonchev–Trinajstić information content (AvgIpc) is 2.84. The van der Waals surface area contributed by atoms with Gasteiger partial charge in [0.1, 0.15) is 0 Å². The first kappa shape index (κ1) is 18.1. The van der Waals surface area contributed by atoms with Crippen molar-refractivity contribution >= 4 is 0 Å². The Balaban J connectivity index is 1.64. The normalized spacial score (nSPS) is 54.3. The van der Waals surface area contributed by atoms with Gasteiger partial charge in [-0.3, -0.25) is 0 Å². The van der Waals surface area contributed by atoms with Crippen molar-refractivity contribution in [2.75, 3.05) is 0 Å². The number of fused-ring (bicyclic) bond motifs is 5. The quantitative estimate of drug-likeness (QED) is 0.560. The molecule has 1 N–H and O–H groups in total. The number of rotatable bonds is 1. The lowest BCUT2D eigenvalue weighted by Crippen LogP contribution is -2.55. The van der Waals surface area contributed by atoms with E-state index in [2.05, 4.69) is 41.2 Å². The summed E-state index contributed by atoms with van der Waals surface area (Å²) in [5.41, 5.74) is 1.91. The molecule has 0 bridgehead atoms. The highest BCUT2D eigenvalue weighted by atomic mass is 16.3. The topological polar surface area (TPSA) is 20.2 Å². The van der Waals surface area contributed by atoms with E-state index >= 15 is 0 Å². The van der Waals surface area contributed by atoms with Gasteiger partial charge >= 0.3 is 0 Å². The molecule has 8 atom stereocenters. The zero-order valence-electron chi connectivity index (χ0n) is 17.3. The lowest BCUT2D eigenvalue weighted by Gasteiger charge is -2.61. The van der Waals surface area contributed by atoms with Gasteiger partial charge in [-0.15, -0.1) is 0 Å². The van der Waals surface area contributed by atoms with E-state index in [1.165, 1.54) is 44.1 Å². The van der Waals surface area contributed by atoms with Gasteiger partial charge in [0, 0.05) is 0 Å². The van der Waals surface area contributed by atoms with Gasteiger partial charge in [0.05, 0.1) is 5.60 Å². The summed E-state index contributed by atoms with van der Waals surface area (Å²) in [6.45, 7) is 16.3. The van der Waals surface area contributed by atoms with Crippen molar-refractivity contribution in [3.8, 4) is 0 Å². The number of hydrogen-bond donors (Lipinski definition) is 1. The maximum absolute atomic E-state index is 10.7. The van der Waals surface area contributed by atoms with Crippen molar-refractivity contribution in [1.82, 2.24) is 0 Å².